The van der Waals surface area contributed by atoms with Gasteiger partial charge in [-0.25, -0.2) is 9.78 Å². The fraction of sp³-hybridized carbons (Fsp3) is 0.583. The standard InChI is InChI=1S/C12H17N3O3S/c1-9-10(11(16)18-3)14-12(19-9)15(6-4-5-13)7-8-17-2/h4,6-8H2,1-3H3. The maximum atomic E-state index is 11.5. The molecule has 0 unspecified atom stereocenters. The Morgan fingerprint density at radius 2 is 2.21 bits per heavy atom. The minimum absolute atomic E-state index is 0.335. The molecule has 0 atom stereocenters. The lowest BCUT2D eigenvalue weighted by Gasteiger charge is -2.19. The van der Waals surface area contributed by atoms with E-state index in [-0.39, 0.29) is 0 Å². The highest BCUT2D eigenvalue weighted by Crippen LogP contribution is 2.26. The highest BCUT2D eigenvalue weighted by molar-refractivity contribution is 7.15. The zero-order valence-electron chi connectivity index (χ0n) is 11.3. The summed E-state index contributed by atoms with van der Waals surface area (Å²) in [5.74, 6) is -0.438. The van der Waals surface area contributed by atoms with Gasteiger partial charge in [-0.1, -0.05) is 0 Å². The lowest BCUT2D eigenvalue weighted by atomic mass is 10.4. The van der Waals surface area contributed by atoms with E-state index >= 15 is 0 Å². The molecule has 19 heavy (non-hydrogen) atoms. The molecule has 1 aromatic rings. The van der Waals surface area contributed by atoms with Gasteiger partial charge in [0.15, 0.2) is 10.8 Å². The van der Waals surface area contributed by atoms with Crippen molar-refractivity contribution in [2.24, 2.45) is 0 Å². The van der Waals surface area contributed by atoms with E-state index in [1.807, 2.05) is 11.8 Å². The molecule has 0 spiro atoms. The van der Waals surface area contributed by atoms with Crippen molar-refractivity contribution in [2.75, 3.05) is 38.8 Å². The summed E-state index contributed by atoms with van der Waals surface area (Å²) in [5, 5.41) is 9.39. The average molecular weight is 283 g/mol. The first-order valence-electron chi connectivity index (χ1n) is 5.80. The number of aryl methyl sites for hydroxylation is 1. The third kappa shape index (κ3) is 4.19. The lowest BCUT2D eigenvalue weighted by Crippen LogP contribution is -2.28. The molecule has 0 amide bonds. The van der Waals surface area contributed by atoms with Crippen LogP contribution in [0, 0.1) is 18.3 Å². The van der Waals surface area contributed by atoms with Crippen LogP contribution in [0.15, 0.2) is 0 Å². The van der Waals surface area contributed by atoms with E-state index in [2.05, 4.69) is 15.8 Å². The molecule has 0 aliphatic rings. The zero-order chi connectivity index (χ0) is 14.3. The molecule has 6 nitrogen and oxygen atoms in total. The van der Waals surface area contributed by atoms with Gasteiger partial charge in [0.25, 0.3) is 0 Å². The van der Waals surface area contributed by atoms with E-state index in [1.165, 1.54) is 18.4 Å². The van der Waals surface area contributed by atoms with Crippen molar-refractivity contribution in [1.29, 1.82) is 5.26 Å². The summed E-state index contributed by atoms with van der Waals surface area (Å²) < 4.78 is 9.72. The van der Waals surface area contributed by atoms with Crippen molar-refractivity contribution in [2.45, 2.75) is 13.3 Å². The number of rotatable bonds is 7. The van der Waals surface area contributed by atoms with Crippen LogP contribution >= 0.6 is 11.3 Å². The molecule has 1 heterocycles. The minimum atomic E-state index is -0.438. The first kappa shape index (κ1) is 15.4. The number of hydrogen-bond acceptors (Lipinski definition) is 7. The predicted octanol–water partition coefficient (Wildman–Crippen LogP) is 1.60. The van der Waals surface area contributed by atoms with Crippen LogP contribution in [-0.2, 0) is 9.47 Å². The van der Waals surface area contributed by atoms with Crippen LogP contribution in [-0.4, -0.2) is 44.9 Å². The molecule has 7 heteroatoms. The first-order valence-corrected chi connectivity index (χ1v) is 6.62. The van der Waals surface area contributed by atoms with Gasteiger partial charge >= 0.3 is 5.97 Å². The number of esters is 1. The van der Waals surface area contributed by atoms with E-state index in [0.717, 1.165) is 4.88 Å². The normalized spacial score (nSPS) is 10.0. The largest absolute Gasteiger partial charge is 0.464 e. The van der Waals surface area contributed by atoms with Gasteiger partial charge in [0, 0.05) is 25.1 Å². The maximum absolute atomic E-state index is 11.5. The average Bonchev–Trinajstić information content (AvgIpc) is 2.80. The van der Waals surface area contributed by atoms with Gasteiger partial charge in [-0.15, -0.1) is 11.3 Å². The van der Waals surface area contributed by atoms with Crippen LogP contribution in [0.25, 0.3) is 0 Å². The molecular formula is C12H17N3O3S. The molecule has 0 aromatic carbocycles. The summed E-state index contributed by atoms with van der Waals surface area (Å²) in [6.07, 6.45) is 0.399. The van der Waals surface area contributed by atoms with Crippen LogP contribution < -0.4 is 4.90 Å². The first-order chi connectivity index (χ1) is 9.13. The molecule has 1 aromatic heterocycles. The van der Waals surface area contributed by atoms with E-state index in [1.54, 1.807) is 7.11 Å². The number of methoxy groups -OCH3 is 2. The van der Waals surface area contributed by atoms with Crippen LogP contribution in [0.3, 0.4) is 0 Å². The fourth-order valence-electron chi connectivity index (χ4n) is 1.49. The second kappa shape index (κ2) is 7.71. The molecule has 0 N–H and O–H groups in total. The Bertz CT molecular complexity index is 467. The fourth-order valence-corrected chi connectivity index (χ4v) is 2.44. The van der Waals surface area contributed by atoms with Crippen molar-refractivity contribution in [1.82, 2.24) is 4.98 Å². The number of thiazole rings is 1. The predicted molar refractivity (Wildman–Crippen MR) is 72.5 cm³/mol. The van der Waals surface area contributed by atoms with Gasteiger partial charge in [-0.05, 0) is 6.92 Å². The third-order valence-electron chi connectivity index (χ3n) is 2.49. The number of anilines is 1. The van der Waals surface area contributed by atoms with Gasteiger partial charge < -0.3 is 14.4 Å². The second-order valence-electron chi connectivity index (χ2n) is 3.78. The Kier molecular flexibility index (Phi) is 6.25. The van der Waals surface area contributed by atoms with Crippen LogP contribution in [0.2, 0.25) is 0 Å². The van der Waals surface area contributed by atoms with Crippen molar-refractivity contribution >= 4 is 22.4 Å². The number of aromatic nitrogens is 1. The number of carbonyl (C=O) groups is 1. The van der Waals surface area contributed by atoms with Crippen molar-refractivity contribution < 1.29 is 14.3 Å². The topological polar surface area (TPSA) is 75.5 Å². The Labute approximate surface area is 116 Å². The highest BCUT2D eigenvalue weighted by atomic mass is 32.1. The molecule has 0 fully saturated rings. The van der Waals surface area contributed by atoms with Gasteiger partial charge in [-0.2, -0.15) is 5.26 Å². The van der Waals surface area contributed by atoms with Gasteiger partial charge in [0.1, 0.15) is 0 Å². The molecule has 104 valence electrons. The summed E-state index contributed by atoms with van der Waals surface area (Å²) in [6, 6.07) is 2.10. The molecular weight excluding hydrogens is 266 g/mol. The Hall–Kier alpha value is -1.65. The van der Waals surface area contributed by atoms with E-state index < -0.39 is 5.97 Å². The molecule has 1 rings (SSSR count). The smallest absolute Gasteiger partial charge is 0.357 e. The van der Waals surface area contributed by atoms with Gasteiger partial charge in [-0.3, -0.25) is 0 Å². The van der Waals surface area contributed by atoms with E-state index in [0.29, 0.717) is 36.9 Å². The maximum Gasteiger partial charge on any atom is 0.357 e. The summed E-state index contributed by atoms with van der Waals surface area (Å²) in [6.45, 7) is 3.56. The van der Waals surface area contributed by atoms with Crippen molar-refractivity contribution in [3.63, 3.8) is 0 Å². The monoisotopic (exact) mass is 283 g/mol. The number of ether oxygens (including phenoxy) is 2. The summed E-state index contributed by atoms with van der Waals surface area (Å²) >= 11 is 1.42. The van der Waals surface area contributed by atoms with E-state index in [9.17, 15) is 4.79 Å². The second-order valence-corrected chi connectivity index (χ2v) is 4.96. The van der Waals surface area contributed by atoms with E-state index in [4.69, 9.17) is 10.00 Å². The molecule has 0 saturated heterocycles. The van der Waals surface area contributed by atoms with Crippen LogP contribution in [0.4, 0.5) is 5.13 Å². The molecule has 0 saturated carbocycles. The number of hydrogen-bond donors (Lipinski definition) is 0. The SMILES string of the molecule is COCCN(CCC#N)c1nc(C(=O)OC)c(C)s1. The molecule has 0 bridgehead atoms. The third-order valence-corrected chi connectivity index (χ3v) is 3.53. The number of carbonyl (C=O) groups excluding carboxylic acids is 1. The quantitative estimate of drug-likeness (QED) is 0.708. The summed E-state index contributed by atoms with van der Waals surface area (Å²) in [7, 11) is 2.95. The molecule has 0 aliphatic heterocycles. The molecule has 0 aliphatic carbocycles. The minimum Gasteiger partial charge on any atom is -0.464 e. The Morgan fingerprint density at radius 1 is 1.47 bits per heavy atom. The molecule has 0 radical (unpaired) electrons. The zero-order valence-corrected chi connectivity index (χ0v) is 12.1. The van der Waals surface area contributed by atoms with Crippen molar-refractivity contribution in [3.8, 4) is 6.07 Å². The highest BCUT2D eigenvalue weighted by Gasteiger charge is 2.19. The number of nitrogens with zero attached hydrogens (tertiary/aromatic N) is 3. The van der Waals surface area contributed by atoms with Crippen molar-refractivity contribution in [3.05, 3.63) is 10.6 Å². The summed E-state index contributed by atoms with van der Waals surface area (Å²) in [5.41, 5.74) is 0.335. The Morgan fingerprint density at radius 3 is 2.79 bits per heavy atom. The van der Waals surface area contributed by atoms with Crippen LogP contribution in [0.5, 0.6) is 0 Å². The summed E-state index contributed by atoms with van der Waals surface area (Å²) in [4.78, 5) is 18.6. The Balaban J connectivity index is 2.89. The lowest BCUT2D eigenvalue weighted by molar-refractivity contribution is 0.0594. The van der Waals surface area contributed by atoms with Gasteiger partial charge in [0.05, 0.1) is 26.2 Å². The van der Waals surface area contributed by atoms with Crippen LogP contribution in [0.1, 0.15) is 21.8 Å². The number of nitriles is 1. The van der Waals surface area contributed by atoms with Gasteiger partial charge in [0.2, 0.25) is 0 Å².